The van der Waals surface area contributed by atoms with E-state index in [-0.39, 0.29) is 17.8 Å². The molecule has 6 heteroatoms. The second-order valence-electron chi connectivity index (χ2n) is 6.37. The van der Waals surface area contributed by atoms with E-state index in [1.165, 1.54) is 25.3 Å². The molecule has 0 fully saturated rings. The van der Waals surface area contributed by atoms with Gasteiger partial charge in [0.15, 0.2) is 9.84 Å². The average molecular weight is 392 g/mol. The SMILES string of the molecule is CC(=O)N(C)C(C)/C=C/c1ccc(S(C)(=O)=O)cc1.Cc1ccc(F)cc1. The van der Waals surface area contributed by atoms with Gasteiger partial charge in [-0.15, -0.1) is 0 Å². The van der Waals surface area contributed by atoms with Crippen LogP contribution in [0.1, 0.15) is 25.0 Å². The summed E-state index contributed by atoms with van der Waals surface area (Å²) in [7, 11) is -1.41. The molecule has 0 bridgehead atoms. The molecular weight excluding hydrogens is 365 g/mol. The molecule has 1 unspecified atom stereocenters. The maximum atomic E-state index is 12.1. The summed E-state index contributed by atoms with van der Waals surface area (Å²) in [5, 5.41) is 0. The van der Waals surface area contributed by atoms with Crippen molar-refractivity contribution in [2.75, 3.05) is 13.3 Å². The number of amides is 1. The summed E-state index contributed by atoms with van der Waals surface area (Å²) < 4.78 is 34.7. The number of rotatable bonds is 4. The maximum Gasteiger partial charge on any atom is 0.219 e. The molecule has 0 spiro atoms. The first-order valence-electron chi connectivity index (χ1n) is 8.44. The van der Waals surface area contributed by atoms with E-state index in [1.54, 1.807) is 48.3 Å². The van der Waals surface area contributed by atoms with Crippen molar-refractivity contribution in [1.29, 1.82) is 0 Å². The van der Waals surface area contributed by atoms with Gasteiger partial charge < -0.3 is 4.90 Å². The van der Waals surface area contributed by atoms with Crippen LogP contribution < -0.4 is 0 Å². The van der Waals surface area contributed by atoms with E-state index in [9.17, 15) is 17.6 Å². The fraction of sp³-hybridized carbons (Fsp3) is 0.286. The van der Waals surface area contributed by atoms with Gasteiger partial charge in [-0.05, 0) is 43.7 Å². The largest absolute Gasteiger partial charge is 0.340 e. The molecule has 0 aliphatic carbocycles. The lowest BCUT2D eigenvalue weighted by Gasteiger charge is -2.20. The summed E-state index contributed by atoms with van der Waals surface area (Å²) in [5.74, 6) is -0.167. The van der Waals surface area contributed by atoms with Crippen molar-refractivity contribution in [1.82, 2.24) is 4.90 Å². The number of halogens is 1. The molecule has 27 heavy (non-hydrogen) atoms. The zero-order chi connectivity index (χ0) is 20.6. The number of hydrogen-bond donors (Lipinski definition) is 0. The van der Waals surface area contributed by atoms with Gasteiger partial charge in [0.1, 0.15) is 5.82 Å². The topological polar surface area (TPSA) is 54.5 Å². The van der Waals surface area contributed by atoms with Crippen LogP contribution in [0.3, 0.4) is 0 Å². The maximum absolute atomic E-state index is 12.1. The molecule has 1 atom stereocenters. The number of benzene rings is 2. The lowest BCUT2D eigenvalue weighted by Crippen LogP contribution is -2.31. The number of aryl methyl sites for hydroxylation is 1. The lowest BCUT2D eigenvalue weighted by atomic mass is 10.1. The van der Waals surface area contributed by atoms with Crippen molar-refractivity contribution in [2.45, 2.75) is 31.7 Å². The number of carbonyl (C=O) groups is 1. The van der Waals surface area contributed by atoms with Gasteiger partial charge in [0.05, 0.1) is 4.90 Å². The third-order valence-electron chi connectivity index (χ3n) is 3.99. The number of hydrogen-bond acceptors (Lipinski definition) is 3. The summed E-state index contributed by atoms with van der Waals surface area (Å²) in [6.45, 7) is 5.37. The molecule has 0 heterocycles. The third-order valence-corrected chi connectivity index (χ3v) is 5.12. The minimum absolute atomic E-state index is 0.00424. The molecule has 0 aromatic heterocycles. The summed E-state index contributed by atoms with van der Waals surface area (Å²) in [5.41, 5.74) is 1.99. The predicted molar refractivity (Wildman–Crippen MR) is 108 cm³/mol. The highest BCUT2D eigenvalue weighted by atomic mass is 32.2. The van der Waals surface area contributed by atoms with Crippen molar-refractivity contribution >= 4 is 21.8 Å². The Balaban J connectivity index is 0.000000377. The standard InChI is InChI=1S/C14H19NO3S.C7H7F/c1-11(15(3)12(2)16)5-6-13-7-9-14(10-8-13)19(4,17)18;1-6-2-4-7(8)5-3-6/h5-11H,1-4H3;2-5H,1H3/b6-5+;. The van der Waals surface area contributed by atoms with Crippen molar-refractivity contribution in [3.05, 3.63) is 71.6 Å². The van der Waals surface area contributed by atoms with Crippen LogP contribution in [0.15, 0.2) is 59.5 Å². The molecule has 0 saturated heterocycles. The molecule has 2 rings (SSSR count). The molecular formula is C21H26FNO3S. The van der Waals surface area contributed by atoms with Crippen molar-refractivity contribution < 1.29 is 17.6 Å². The normalized spacial score (nSPS) is 12.2. The first-order chi connectivity index (χ1) is 12.5. The van der Waals surface area contributed by atoms with E-state index in [0.717, 1.165) is 11.1 Å². The number of nitrogens with zero attached hydrogens (tertiary/aromatic N) is 1. The first kappa shape index (κ1) is 22.6. The van der Waals surface area contributed by atoms with E-state index in [4.69, 9.17) is 0 Å². The second-order valence-corrected chi connectivity index (χ2v) is 8.38. The Morgan fingerprint density at radius 2 is 1.59 bits per heavy atom. The fourth-order valence-corrected chi connectivity index (χ4v) is 2.66. The Morgan fingerprint density at radius 1 is 1.07 bits per heavy atom. The van der Waals surface area contributed by atoms with E-state index in [0.29, 0.717) is 4.90 Å². The minimum atomic E-state index is -3.15. The van der Waals surface area contributed by atoms with Crippen LogP contribution in [0.25, 0.3) is 6.08 Å². The van der Waals surface area contributed by atoms with Crippen molar-refractivity contribution in [3.8, 4) is 0 Å². The molecule has 2 aromatic carbocycles. The Kier molecular flexibility index (Phi) is 8.37. The van der Waals surface area contributed by atoms with E-state index in [2.05, 4.69) is 0 Å². The molecule has 146 valence electrons. The molecule has 2 aromatic rings. The molecule has 0 radical (unpaired) electrons. The van der Waals surface area contributed by atoms with Gasteiger partial charge in [-0.2, -0.15) is 0 Å². The van der Waals surface area contributed by atoms with Gasteiger partial charge in [-0.3, -0.25) is 4.79 Å². The van der Waals surface area contributed by atoms with Gasteiger partial charge in [0.25, 0.3) is 0 Å². The Labute approximate surface area is 161 Å². The Morgan fingerprint density at radius 3 is 2.00 bits per heavy atom. The summed E-state index contributed by atoms with van der Waals surface area (Å²) >= 11 is 0. The molecule has 0 saturated carbocycles. The highest BCUT2D eigenvalue weighted by molar-refractivity contribution is 7.90. The molecule has 0 aliphatic rings. The van der Waals surface area contributed by atoms with Crippen LogP contribution in [0.2, 0.25) is 0 Å². The van der Waals surface area contributed by atoms with E-state index >= 15 is 0 Å². The van der Waals surface area contributed by atoms with Crippen LogP contribution in [0.5, 0.6) is 0 Å². The van der Waals surface area contributed by atoms with Gasteiger partial charge in [0, 0.05) is 26.3 Å². The quantitative estimate of drug-likeness (QED) is 0.788. The van der Waals surface area contributed by atoms with E-state index in [1.807, 2.05) is 26.0 Å². The monoisotopic (exact) mass is 391 g/mol. The molecule has 1 amide bonds. The smallest absolute Gasteiger partial charge is 0.219 e. The van der Waals surface area contributed by atoms with Crippen LogP contribution in [-0.4, -0.2) is 38.6 Å². The first-order valence-corrected chi connectivity index (χ1v) is 10.3. The predicted octanol–water partition coefficient (Wildman–Crippen LogP) is 4.10. The summed E-state index contributed by atoms with van der Waals surface area (Å²) in [4.78, 5) is 13.1. The van der Waals surface area contributed by atoms with E-state index < -0.39 is 9.84 Å². The van der Waals surface area contributed by atoms with Gasteiger partial charge >= 0.3 is 0 Å². The van der Waals surface area contributed by atoms with Crippen LogP contribution in [0, 0.1) is 12.7 Å². The Hall–Kier alpha value is -2.47. The zero-order valence-electron chi connectivity index (χ0n) is 16.3. The zero-order valence-corrected chi connectivity index (χ0v) is 17.1. The molecule has 0 N–H and O–H groups in total. The summed E-state index contributed by atoms with van der Waals surface area (Å²) in [6.07, 6.45) is 4.95. The van der Waals surface area contributed by atoms with Crippen LogP contribution >= 0.6 is 0 Å². The summed E-state index contributed by atoms with van der Waals surface area (Å²) in [6, 6.07) is 13.0. The highest BCUT2D eigenvalue weighted by Gasteiger charge is 2.08. The number of carbonyl (C=O) groups excluding carboxylic acids is 1. The van der Waals surface area contributed by atoms with Crippen LogP contribution in [0.4, 0.5) is 4.39 Å². The number of sulfone groups is 1. The third kappa shape index (κ3) is 8.17. The van der Waals surface area contributed by atoms with Crippen molar-refractivity contribution in [3.63, 3.8) is 0 Å². The van der Waals surface area contributed by atoms with Gasteiger partial charge in [0.2, 0.25) is 5.91 Å². The van der Waals surface area contributed by atoms with Gasteiger partial charge in [-0.25, -0.2) is 12.8 Å². The minimum Gasteiger partial charge on any atom is -0.340 e. The van der Waals surface area contributed by atoms with Crippen molar-refractivity contribution in [2.24, 2.45) is 0 Å². The molecule has 0 aliphatic heterocycles. The average Bonchev–Trinajstić information content (AvgIpc) is 2.61. The second kappa shape index (κ2) is 10.0. The molecule has 4 nitrogen and oxygen atoms in total. The van der Waals surface area contributed by atoms with Gasteiger partial charge in [-0.1, -0.05) is 42.0 Å². The Bertz CT molecular complexity index is 852. The number of likely N-dealkylation sites (N-methyl/N-ethyl adjacent to an activating group) is 1. The highest BCUT2D eigenvalue weighted by Crippen LogP contribution is 2.12. The fourth-order valence-electron chi connectivity index (χ4n) is 2.03. The van der Waals surface area contributed by atoms with Crippen LogP contribution in [-0.2, 0) is 14.6 Å². The lowest BCUT2D eigenvalue weighted by molar-refractivity contribution is -0.128.